The van der Waals surface area contributed by atoms with Gasteiger partial charge in [0.15, 0.2) is 0 Å². The predicted molar refractivity (Wildman–Crippen MR) is 64.7 cm³/mol. The fourth-order valence-corrected chi connectivity index (χ4v) is 0.978. The zero-order valence-electron chi connectivity index (χ0n) is 9.51. The van der Waals surface area contributed by atoms with E-state index in [1.165, 1.54) is 13.3 Å². The molecule has 0 atom stereocenters. The third-order valence-corrected chi connectivity index (χ3v) is 1.64. The van der Waals surface area contributed by atoms with Crippen molar-refractivity contribution in [1.29, 1.82) is 0 Å². The number of hydrogen-bond donors (Lipinski definition) is 2. The summed E-state index contributed by atoms with van der Waals surface area (Å²) in [6, 6.07) is 0. The molecule has 0 bridgehead atoms. The lowest BCUT2D eigenvalue weighted by molar-refractivity contribution is -0.117. The molecule has 0 aliphatic carbocycles. The number of rotatable bonds is 6. The quantitative estimate of drug-likeness (QED) is 0.390. The fourth-order valence-electron chi connectivity index (χ4n) is 0.978. The Morgan fingerprint density at radius 1 is 1.44 bits per heavy atom. The van der Waals surface area contributed by atoms with Crippen LogP contribution < -0.4 is 11.5 Å². The molecule has 0 saturated carbocycles. The molecule has 0 aromatic rings. The molecule has 4 N–H and O–H groups in total. The van der Waals surface area contributed by atoms with Crippen LogP contribution in [-0.4, -0.2) is 26.3 Å². The molecule has 0 heterocycles. The second-order valence-corrected chi connectivity index (χ2v) is 2.90. The number of ether oxygens (including phenoxy) is 1. The highest BCUT2D eigenvalue weighted by Crippen LogP contribution is 2.04. The summed E-state index contributed by atoms with van der Waals surface area (Å²) in [7, 11) is 3.18. The van der Waals surface area contributed by atoms with Gasteiger partial charge < -0.3 is 16.2 Å². The predicted octanol–water partition coefficient (Wildman–Crippen LogP) is 0.491. The molecule has 0 unspecified atom stereocenters. The van der Waals surface area contributed by atoms with Gasteiger partial charge in [-0.2, -0.15) is 0 Å². The van der Waals surface area contributed by atoms with Gasteiger partial charge in [-0.3, -0.25) is 9.79 Å². The topological polar surface area (TPSA) is 90.7 Å². The van der Waals surface area contributed by atoms with E-state index in [-0.39, 0.29) is 6.42 Å². The molecule has 0 fully saturated rings. The van der Waals surface area contributed by atoms with Crippen LogP contribution in [0.15, 0.2) is 40.8 Å². The Balaban J connectivity index is 4.83. The third kappa shape index (κ3) is 6.42. The van der Waals surface area contributed by atoms with E-state index in [1.54, 1.807) is 31.5 Å². The van der Waals surface area contributed by atoms with Gasteiger partial charge in [-0.25, -0.2) is 0 Å². The van der Waals surface area contributed by atoms with Crippen molar-refractivity contribution >= 4 is 12.1 Å². The first-order valence-electron chi connectivity index (χ1n) is 4.67. The first-order chi connectivity index (χ1) is 7.63. The Morgan fingerprint density at radius 3 is 2.56 bits per heavy atom. The summed E-state index contributed by atoms with van der Waals surface area (Å²) in [5.41, 5.74) is 11.0. The minimum atomic E-state index is -0.416. The van der Waals surface area contributed by atoms with Crippen LogP contribution in [0.4, 0.5) is 0 Å². The van der Waals surface area contributed by atoms with Crippen LogP contribution in [0.3, 0.4) is 0 Å². The lowest BCUT2D eigenvalue weighted by atomic mass is 10.1. The van der Waals surface area contributed by atoms with Crippen molar-refractivity contribution in [2.45, 2.75) is 6.42 Å². The summed E-state index contributed by atoms with van der Waals surface area (Å²) >= 11 is 0. The molecule has 0 radical (unpaired) electrons. The van der Waals surface area contributed by atoms with Gasteiger partial charge in [0.2, 0.25) is 5.91 Å². The number of carbonyl (C=O) groups is 1. The minimum absolute atomic E-state index is 0.129. The van der Waals surface area contributed by atoms with Crippen LogP contribution in [0.2, 0.25) is 0 Å². The van der Waals surface area contributed by atoms with E-state index in [1.807, 2.05) is 0 Å². The van der Waals surface area contributed by atoms with Crippen LogP contribution in [0.1, 0.15) is 6.42 Å². The highest BCUT2D eigenvalue weighted by molar-refractivity contribution is 5.78. The lowest BCUT2D eigenvalue weighted by Gasteiger charge is -1.99. The molecular formula is C11H17N3O2. The minimum Gasteiger partial charge on any atom is -0.495 e. The number of nitrogens with two attached hydrogens (primary N) is 2. The maximum Gasteiger partial charge on any atom is 0.221 e. The van der Waals surface area contributed by atoms with Gasteiger partial charge in [0.05, 0.1) is 19.7 Å². The molecule has 0 rings (SSSR count). The lowest BCUT2D eigenvalue weighted by Crippen LogP contribution is -2.10. The summed E-state index contributed by atoms with van der Waals surface area (Å²) in [5, 5.41) is 0. The maximum absolute atomic E-state index is 10.8. The van der Waals surface area contributed by atoms with Crippen molar-refractivity contribution in [1.82, 2.24) is 0 Å². The Bertz CT molecular complexity index is 341. The summed E-state index contributed by atoms with van der Waals surface area (Å²) in [6.45, 7) is 0. The smallest absolute Gasteiger partial charge is 0.221 e. The van der Waals surface area contributed by atoms with Gasteiger partial charge >= 0.3 is 0 Å². The normalized spacial score (nSPS) is 13.6. The highest BCUT2D eigenvalue weighted by Gasteiger charge is 1.97. The highest BCUT2D eigenvalue weighted by atomic mass is 16.5. The summed E-state index contributed by atoms with van der Waals surface area (Å²) in [5.74, 6) is 0.163. The Morgan fingerprint density at radius 2 is 2.12 bits per heavy atom. The monoisotopic (exact) mass is 223 g/mol. The molecule has 5 nitrogen and oxygen atoms in total. The summed E-state index contributed by atoms with van der Waals surface area (Å²) in [6.07, 6.45) is 8.04. The largest absolute Gasteiger partial charge is 0.495 e. The standard InChI is InChI=1S/C11H17N3O2/c1-14-8-10(16-2)4-3-9(5-6-12)7-11(13)15/h3-6,8H,7,12H2,1-2H3,(H2,13,15)/b6-5+,9-3+,10-4+,14-8?. The second kappa shape index (κ2) is 8.28. The fraction of sp³-hybridized carbons (Fsp3) is 0.273. The number of nitrogens with zero attached hydrogens (tertiary/aromatic N) is 1. The molecule has 0 spiro atoms. The second-order valence-electron chi connectivity index (χ2n) is 2.90. The SMILES string of the molecule is CN=C\C(=C/C=C(\C=C\N)CC(N)=O)OC. The van der Waals surface area contributed by atoms with E-state index >= 15 is 0 Å². The van der Waals surface area contributed by atoms with E-state index in [4.69, 9.17) is 16.2 Å². The Hall–Kier alpha value is -2.04. The summed E-state index contributed by atoms with van der Waals surface area (Å²) < 4.78 is 5.02. The molecule has 0 saturated heterocycles. The van der Waals surface area contributed by atoms with E-state index in [0.29, 0.717) is 11.3 Å². The number of methoxy groups -OCH3 is 1. The Labute approximate surface area is 95.2 Å². The molecule has 16 heavy (non-hydrogen) atoms. The van der Waals surface area contributed by atoms with Gasteiger partial charge in [-0.1, -0.05) is 6.08 Å². The average molecular weight is 223 g/mol. The van der Waals surface area contributed by atoms with Crippen molar-refractivity contribution in [2.24, 2.45) is 16.5 Å². The Kier molecular flexibility index (Phi) is 7.23. The van der Waals surface area contributed by atoms with Gasteiger partial charge in [-0.15, -0.1) is 0 Å². The summed E-state index contributed by atoms with van der Waals surface area (Å²) in [4.78, 5) is 14.6. The zero-order chi connectivity index (χ0) is 12.4. The van der Waals surface area contributed by atoms with Crippen LogP contribution in [0.5, 0.6) is 0 Å². The number of allylic oxidation sites excluding steroid dienone is 4. The molecule has 5 heteroatoms. The molecular weight excluding hydrogens is 206 g/mol. The first kappa shape index (κ1) is 14.0. The van der Waals surface area contributed by atoms with E-state index in [0.717, 1.165) is 0 Å². The molecule has 0 aromatic heterocycles. The van der Waals surface area contributed by atoms with E-state index in [2.05, 4.69) is 4.99 Å². The zero-order valence-corrected chi connectivity index (χ0v) is 9.51. The van der Waals surface area contributed by atoms with Gasteiger partial charge in [0.1, 0.15) is 5.76 Å². The van der Waals surface area contributed by atoms with Gasteiger partial charge in [-0.05, 0) is 23.9 Å². The van der Waals surface area contributed by atoms with Crippen LogP contribution in [0.25, 0.3) is 0 Å². The number of amides is 1. The number of hydrogen-bond acceptors (Lipinski definition) is 4. The van der Waals surface area contributed by atoms with Crippen molar-refractivity contribution < 1.29 is 9.53 Å². The molecule has 1 amide bonds. The molecule has 0 aliphatic heterocycles. The van der Waals surface area contributed by atoms with Gasteiger partial charge in [0, 0.05) is 7.05 Å². The van der Waals surface area contributed by atoms with Crippen LogP contribution >= 0.6 is 0 Å². The first-order valence-corrected chi connectivity index (χ1v) is 4.67. The van der Waals surface area contributed by atoms with E-state index < -0.39 is 5.91 Å². The van der Waals surface area contributed by atoms with Crippen molar-refractivity contribution in [3.8, 4) is 0 Å². The van der Waals surface area contributed by atoms with Crippen molar-refractivity contribution in [2.75, 3.05) is 14.2 Å². The molecule has 88 valence electrons. The number of primary amides is 1. The van der Waals surface area contributed by atoms with Crippen LogP contribution in [-0.2, 0) is 9.53 Å². The van der Waals surface area contributed by atoms with Crippen molar-refractivity contribution in [3.63, 3.8) is 0 Å². The van der Waals surface area contributed by atoms with E-state index in [9.17, 15) is 4.79 Å². The number of carbonyl (C=O) groups excluding carboxylic acids is 1. The van der Waals surface area contributed by atoms with Gasteiger partial charge in [0.25, 0.3) is 0 Å². The van der Waals surface area contributed by atoms with Crippen molar-refractivity contribution in [3.05, 3.63) is 35.8 Å². The average Bonchev–Trinajstić information content (AvgIpc) is 2.23. The van der Waals surface area contributed by atoms with Crippen LogP contribution in [0, 0.1) is 0 Å². The molecule has 0 aliphatic rings. The number of aliphatic imine (C=N–C) groups is 1. The third-order valence-electron chi connectivity index (χ3n) is 1.64. The maximum atomic E-state index is 10.8. The molecule has 0 aromatic carbocycles.